The number of ether oxygens (including phenoxy) is 1. The topological polar surface area (TPSA) is 53.1 Å². The summed E-state index contributed by atoms with van der Waals surface area (Å²) in [6, 6.07) is 0. The van der Waals surface area contributed by atoms with Gasteiger partial charge in [-0.15, -0.1) is 0 Å². The molecule has 84 valence electrons. The fourth-order valence-electron chi connectivity index (χ4n) is 2.21. The van der Waals surface area contributed by atoms with Gasteiger partial charge in [0, 0.05) is 32.0 Å². The van der Waals surface area contributed by atoms with Crippen LogP contribution < -0.4 is 5.73 Å². The third kappa shape index (κ3) is 2.21. The molecule has 0 saturated carbocycles. The van der Waals surface area contributed by atoms with Crippen molar-refractivity contribution in [1.82, 2.24) is 9.55 Å². The molecule has 4 heteroatoms. The van der Waals surface area contributed by atoms with Crippen LogP contribution in [0.15, 0.2) is 6.20 Å². The molecule has 15 heavy (non-hydrogen) atoms. The van der Waals surface area contributed by atoms with Crippen LogP contribution in [0.2, 0.25) is 0 Å². The van der Waals surface area contributed by atoms with E-state index in [2.05, 4.69) is 9.55 Å². The van der Waals surface area contributed by atoms with Crippen molar-refractivity contribution in [3.8, 4) is 0 Å². The highest BCUT2D eigenvalue weighted by molar-refractivity contribution is 5.10. The van der Waals surface area contributed by atoms with Crippen LogP contribution in [0.3, 0.4) is 0 Å². The van der Waals surface area contributed by atoms with Gasteiger partial charge in [0.2, 0.25) is 0 Å². The number of methoxy groups -OCH3 is 1. The SMILES string of the molecule is COCCCc1ncc2n1C(N)CCC2. The Hall–Kier alpha value is -0.870. The van der Waals surface area contributed by atoms with Gasteiger partial charge in [0.1, 0.15) is 5.82 Å². The average molecular weight is 209 g/mol. The Morgan fingerprint density at radius 3 is 3.33 bits per heavy atom. The van der Waals surface area contributed by atoms with Gasteiger partial charge in [-0.25, -0.2) is 4.98 Å². The third-order valence-electron chi connectivity index (χ3n) is 2.96. The van der Waals surface area contributed by atoms with Crippen molar-refractivity contribution in [2.75, 3.05) is 13.7 Å². The highest BCUT2D eigenvalue weighted by atomic mass is 16.5. The van der Waals surface area contributed by atoms with Crippen molar-refractivity contribution in [3.05, 3.63) is 17.7 Å². The van der Waals surface area contributed by atoms with Crippen molar-refractivity contribution in [1.29, 1.82) is 0 Å². The quantitative estimate of drug-likeness (QED) is 0.759. The number of rotatable bonds is 4. The fraction of sp³-hybridized carbons (Fsp3) is 0.727. The molecule has 2 N–H and O–H groups in total. The molecule has 1 aromatic heterocycles. The molecule has 0 radical (unpaired) electrons. The molecule has 0 spiro atoms. The molecule has 1 aliphatic rings. The lowest BCUT2D eigenvalue weighted by Gasteiger charge is -2.23. The summed E-state index contributed by atoms with van der Waals surface area (Å²) >= 11 is 0. The Kier molecular flexibility index (Phi) is 3.38. The maximum absolute atomic E-state index is 6.09. The van der Waals surface area contributed by atoms with E-state index in [0.717, 1.165) is 38.1 Å². The summed E-state index contributed by atoms with van der Waals surface area (Å²) in [7, 11) is 1.73. The molecule has 0 saturated heterocycles. The highest BCUT2D eigenvalue weighted by Gasteiger charge is 2.19. The fourth-order valence-corrected chi connectivity index (χ4v) is 2.21. The predicted molar refractivity (Wildman–Crippen MR) is 58.6 cm³/mol. The van der Waals surface area contributed by atoms with Gasteiger partial charge < -0.3 is 15.0 Å². The van der Waals surface area contributed by atoms with E-state index in [1.54, 1.807) is 7.11 Å². The standard InChI is InChI=1S/C11H19N3O/c1-15-7-3-6-11-13-8-9-4-2-5-10(12)14(9)11/h8,10H,2-7,12H2,1H3. The normalized spacial score (nSPS) is 20.3. The van der Waals surface area contributed by atoms with E-state index >= 15 is 0 Å². The van der Waals surface area contributed by atoms with Gasteiger partial charge in [-0.2, -0.15) is 0 Å². The molecule has 1 unspecified atom stereocenters. The molecule has 0 aromatic carbocycles. The first kappa shape index (κ1) is 10.6. The number of nitrogens with two attached hydrogens (primary N) is 1. The number of aryl methyl sites for hydroxylation is 2. The Morgan fingerprint density at radius 1 is 1.67 bits per heavy atom. The molecule has 1 aromatic rings. The van der Waals surface area contributed by atoms with Gasteiger partial charge in [-0.3, -0.25) is 0 Å². The number of imidazole rings is 1. The van der Waals surface area contributed by atoms with Crippen LogP contribution in [-0.4, -0.2) is 23.3 Å². The summed E-state index contributed by atoms with van der Waals surface area (Å²) in [5.41, 5.74) is 7.38. The van der Waals surface area contributed by atoms with Crippen LogP contribution in [0.5, 0.6) is 0 Å². The minimum atomic E-state index is 0.133. The average Bonchev–Trinajstić information content (AvgIpc) is 2.63. The molecule has 2 rings (SSSR count). The molecule has 0 amide bonds. The lowest BCUT2D eigenvalue weighted by molar-refractivity contribution is 0.194. The van der Waals surface area contributed by atoms with Crippen LogP contribution in [0.4, 0.5) is 0 Å². The van der Waals surface area contributed by atoms with E-state index in [9.17, 15) is 0 Å². The van der Waals surface area contributed by atoms with Crippen molar-refractivity contribution >= 4 is 0 Å². The van der Waals surface area contributed by atoms with E-state index in [0.29, 0.717) is 0 Å². The Morgan fingerprint density at radius 2 is 2.53 bits per heavy atom. The lowest BCUT2D eigenvalue weighted by atomic mass is 10.1. The molecule has 2 heterocycles. The second kappa shape index (κ2) is 4.77. The summed E-state index contributed by atoms with van der Waals surface area (Å²) < 4.78 is 7.25. The summed E-state index contributed by atoms with van der Waals surface area (Å²) in [6.45, 7) is 0.789. The number of aromatic nitrogens is 2. The van der Waals surface area contributed by atoms with Crippen molar-refractivity contribution in [3.63, 3.8) is 0 Å². The Labute approximate surface area is 90.4 Å². The second-order valence-electron chi connectivity index (χ2n) is 4.09. The highest BCUT2D eigenvalue weighted by Crippen LogP contribution is 2.23. The number of hydrogen-bond acceptors (Lipinski definition) is 3. The summed E-state index contributed by atoms with van der Waals surface area (Å²) in [5.74, 6) is 1.12. The molecule has 0 fully saturated rings. The second-order valence-corrected chi connectivity index (χ2v) is 4.09. The van der Waals surface area contributed by atoms with Crippen molar-refractivity contribution in [2.24, 2.45) is 5.73 Å². The molecule has 1 aliphatic heterocycles. The van der Waals surface area contributed by atoms with Crippen LogP contribution in [0.1, 0.15) is 36.9 Å². The largest absolute Gasteiger partial charge is 0.385 e. The van der Waals surface area contributed by atoms with Gasteiger partial charge in [-0.05, 0) is 25.7 Å². The number of nitrogens with zero attached hydrogens (tertiary/aromatic N) is 2. The van der Waals surface area contributed by atoms with Gasteiger partial charge in [0.15, 0.2) is 0 Å². The zero-order valence-electron chi connectivity index (χ0n) is 9.28. The molecule has 4 nitrogen and oxygen atoms in total. The summed E-state index contributed by atoms with van der Waals surface area (Å²) in [5, 5.41) is 0. The molecule has 1 atom stereocenters. The number of fused-ring (bicyclic) bond motifs is 1. The van der Waals surface area contributed by atoms with Crippen LogP contribution in [-0.2, 0) is 17.6 Å². The smallest absolute Gasteiger partial charge is 0.110 e. The molecule has 0 bridgehead atoms. The Balaban J connectivity index is 2.08. The van der Waals surface area contributed by atoms with Gasteiger partial charge in [0.05, 0.1) is 6.17 Å². The zero-order chi connectivity index (χ0) is 10.7. The molecular weight excluding hydrogens is 190 g/mol. The van der Waals surface area contributed by atoms with Crippen molar-refractivity contribution in [2.45, 2.75) is 38.3 Å². The van der Waals surface area contributed by atoms with Crippen LogP contribution in [0, 0.1) is 0 Å². The Bertz CT molecular complexity index is 322. The maximum atomic E-state index is 6.09. The molecule has 0 aliphatic carbocycles. The lowest BCUT2D eigenvalue weighted by Crippen LogP contribution is -2.26. The van der Waals surface area contributed by atoms with E-state index in [1.165, 1.54) is 12.1 Å². The minimum Gasteiger partial charge on any atom is -0.385 e. The van der Waals surface area contributed by atoms with E-state index < -0.39 is 0 Å². The first-order chi connectivity index (χ1) is 7.33. The monoisotopic (exact) mass is 209 g/mol. The van der Waals surface area contributed by atoms with Crippen LogP contribution >= 0.6 is 0 Å². The summed E-state index contributed by atoms with van der Waals surface area (Å²) in [6.07, 6.45) is 7.45. The van der Waals surface area contributed by atoms with Crippen LogP contribution in [0.25, 0.3) is 0 Å². The first-order valence-electron chi connectivity index (χ1n) is 5.62. The third-order valence-corrected chi connectivity index (χ3v) is 2.96. The predicted octanol–water partition coefficient (Wildman–Crippen LogP) is 1.26. The first-order valence-corrected chi connectivity index (χ1v) is 5.62. The van der Waals surface area contributed by atoms with E-state index in [-0.39, 0.29) is 6.17 Å². The van der Waals surface area contributed by atoms with Gasteiger partial charge >= 0.3 is 0 Å². The van der Waals surface area contributed by atoms with Gasteiger partial charge in [-0.1, -0.05) is 0 Å². The summed E-state index contributed by atoms with van der Waals surface area (Å²) in [4.78, 5) is 4.45. The number of hydrogen-bond donors (Lipinski definition) is 1. The van der Waals surface area contributed by atoms with Gasteiger partial charge in [0.25, 0.3) is 0 Å². The van der Waals surface area contributed by atoms with Crippen molar-refractivity contribution < 1.29 is 4.74 Å². The minimum absolute atomic E-state index is 0.133. The molecular formula is C11H19N3O. The van der Waals surface area contributed by atoms with E-state index in [4.69, 9.17) is 10.5 Å². The zero-order valence-corrected chi connectivity index (χ0v) is 9.28. The maximum Gasteiger partial charge on any atom is 0.110 e. The van der Waals surface area contributed by atoms with E-state index in [1.807, 2.05) is 6.20 Å².